The summed E-state index contributed by atoms with van der Waals surface area (Å²) in [6.07, 6.45) is 1.72. The van der Waals surface area contributed by atoms with Crippen molar-refractivity contribution in [2.75, 3.05) is 5.32 Å². The molecule has 2 aromatic carbocycles. The highest BCUT2D eigenvalue weighted by atomic mass is 16.1. The van der Waals surface area contributed by atoms with Crippen molar-refractivity contribution in [1.82, 2.24) is 4.98 Å². The van der Waals surface area contributed by atoms with E-state index in [-0.39, 0.29) is 5.91 Å². The van der Waals surface area contributed by atoms with Gasteiger partial charge >= 0.3 is 0 Å². The molecule has 3 nitrogen and oxygen atoms in total. The second kappa shape index (κ2) is 6.01. The molecule has 1 N–H and O–H groups in total. The van der Waals surface area contributed by atoms with Crippen molar-refractivity contribution in [1.29, 1.82) is 0 Å². The fourth-order valence-corrected chi connectivity index (χ4v) is 2.05. The van der Waals surface area contributed by atoms with Crippen LogP contribution in [0, 0.1) is 0 Å². The molecule has 3 heteroatoms. The van der Waals surface area contributed by atoms with Gasteiger partial charge in [0.15, 0.2) is 0 Å². The van der Waals surface area contributed by atoms with Gasteiger partial charge in [0, 0.05) is 17.4 Å². The zero-order valence-corrected chi connectivity index (χ0v) is 11.4. The lowest BCUT2D eigenvalue weighted by Gasteiger charge is -2.05. The molecule has 0 unspecified atom stereocenters. The van der Waals surface area contributed by atoms with E-state index in [1.807, 2.05) is 66.7 Å². The van der Waals surface area contributed by atoms with Crippen LogP contribution in [-0.4, -0.2) is 10.9 Å². The topological polar surface area (TPSA) is 42.0 Å². The summed E-state index contributed by atoms with van der Waals surface area (Å²) in [6, 6.07) is 22.9. The van der Waals surface area contributed by atoms with E-state index >= 15 is 0 Å². The molecule has 0 bridgehead atoms. The van der Waals surface area contributed by atoms with E-state index in [9.17, 15) is 4.79 Å². The van der Waals surface area contributed by atoms with Crippen LogP contribution in [0.15, 0.2) is 79.0 Å². The molecule has 3 rings (SSSR count). The second-order valence-corrected chi connectivity index (χ2v) is 4.62. The van der Waals surface area contributed by atoms with Gasteiger partial charge in [-0.3, -0.25) is 9.78 Å². The summed E-state index contributed by atoms with van der Waals surface area (Å²) in [4.78, 5) is 16.3. The molecule has 0 atom stereocenters. The molecule has 3 aromatic rings. The third kappa shape index (κ3) is 3.15. The maximum absolute atomic E-state index is 12.1. The molecule has 0 aliphatic rings. The van der Waals surface area contributed by atoms with E-state index in [1.165, 1.54) is 0 Å². The number of carbonyl (C=O) groups is 1. The molecule has 1 aromatic heterocycles. The van der Waals surface area contributed by atoms with Crippen LogP contribution in [-0.2, 0) is 0 Å². The number of hydrogen-bond donors (Lipinski definition) is 1. The maximum Gasteiger partial charge on any atom is 0.274 e. The lowest BCUT2D eigenvalue weighted by molar-refractivity contribution is 0.102. The molecular formula is C18H14N2O. The number of benzene rings is 2. The fraction of sp³-hybridized carbons (Fsp3) is 0. The van der Waals surface area contributed by atoms with Crippen molar-refractivity contribution < 1.29 is 4.79 Å². The lowest BCUT2D eigenvalue weighted by atomic mass is 10.1. The fourth-order valence-electron chi connectivity index (χ4n) is 2.05. The monoisotopic (exact) mass is 274 g/mol. The molecule has 21 heavy (non-hydrogen) atoms. The normalized spacial score (nSPS) is 10.1. The summed E-state index contributed by atoms with van der Waals surface area (Å²) in [5.41, 5.74) is 3.24. The number of aromatic nitrogens is 1. The van der Waals surface area contributed by atoms with E-state index in [4.69, 9.17) is 0 Å². The van der Waals surface area contributed by atoms with Gasteiger partial charge in [-0.2, -0.15) is 0 Å². The molecule has 0 aliphatic heterocycles. The van der Waals surface area contributed by atoms with Gasteiger partial charge in [0.05, 0.1) is 0 Å². The SMILES string of the molecule is O=C(Nc1ccccc1)c1ccc(-c2ccccc2)cn1. The van der Waals surface area contributed by atoms with Gasteiger partial charge in [0.25, 0.3) is 5.91 Å². The zero-order chi connectivity index (χ0) is 14.5. The summed E-state index contributed by atoms with van der Waals surface area (Å²) >= 11 is 0. The Balaban J connectivity index is 1.77. The minimum atomic E-state index is -0.208. The summed E-state index contributed by atoms with van der Waals surface area (Å²) in [5, 5.41) is 2.82. The lowest BCUT2D eigenvalue weighted by Crippen LogP contribution is -2.13. The first kappa shape index (κ1) is 13.1. The summed E-state index contributed by atoms with van der Waals surface area (Å²) in [6.45, 7) is 0. The van der Waals surface area contributed by atoms with E-state index in [0.29, 0.717) is 5.69 Å². The molecule has 1 amide bonds. The van der Waals surface area contributed by atoms with Crippen LogP contribution in [0.4, 0.5) is 5.69 Å². The molecular weight excluding hydrogens is 260 g/mol. The molecule has 0 spiro atoms. The summed E-state index contributed by atoms with van der Waals surface area (Å²) in [5.74, 6) is -0.208. The van der Waals surface area contributed by atoms with Gasteiger partial charge in [-0.1, -0.05) is 54.6 Å². The highest BCUT2D eigenvalue weighted by Crippen LogP contribution is 2.18. The van der Waals surface area contributed by atoms with Gasteiger partial charge in [-0.15, -0.1) is 0 Å². The van der Waals surface area contributed by atoms with Crippen molar-refractivity contribution in [3.8, 4) is 11.1 Å². The number of hydrogen-bond acceptors (Lipinski definition) is 2. The molecule has 0 saturated carbocycles. The number of carbonyl (C=O) groups excluding carboxylic acids is 1. The Morgan fingerprint density at radius 1 is 0.762 bits per heavy atom. The van der Waals surface area contributed by atoms with Crippen LogP contribution in [0.5, 0.6) is 0 Å². The summed E-state index contributed by atoms with van der Waals surface area (Å²) in [7, 11) is 0. The number of nitrogens with one attached hydrogen (secondary N) is 1. The molecule has 1 heterocycles. The van der Waals surface area contributed by atoms with Crippen LogP contribution >= 0.6 is 0 Å². The maximum atomic E-state index is 12.1. The van der Waals surface area contributed by atoms with E-state index in [2.05, 4.69) is 10.3 Å². The first-order chi connectivity index (χ1) is 10.3. The standard InChI is InChI=1S/C18H14N2O/c21-18(20-16-9-5-2-6-10-16)17-12-11-15(13-19-17)14-7-3-1-4-8-14/h1-13H,(H,20,21). The Kier molecular flexibility index (Phi) is 3.74. The number of pyridine rings is 1. The third-order valence-electron chi connectivity index (χ3n) is 3.13. The Hall–Kier alpha value is -2.94. The third-order valence-corrected chi connectivity index (χ3v) is 3.13. The van der Waals surface area contributed by atoms with Gasteiger partial charge < -0.3 is 5.32 Å². The van der Waals surface area contributed by atoms with Crippen molar-refractivity contribution in [3.05, 3.63) is 84.7 Å². The number of nitrogens with zero attached hydrogens (tertiary/aromatic N) is 1. The minimum Gasteiger partial charge on any atom is -0.321 e. The van der Waals surface area contributed by atoms with E-state index in [1.54, 1.807) is 12.3 Å². The number of anilines is 1. The second-order valence-electron chi connectivity index (χ2n) is 4.62. The molecule has 102 valence electrons. The first-order valence-corrected chi connectivity index (χ1v) is 6.71. The van der Waals surface area contributed by atoms with Gasteiger partial charge in [0.1, 0.15) is 5.69 Å². The zero-order valence-electron chi connectivity index (χ0n) is 11.4. The van der Waals surface area contributed by atoms with Crippen molar-refractivity contribution in [2.45, 2.75) is 0 Å². The molecule has 0 radical (unpaired) electrons. The molecule has 0 fully saturated rings. The van der Waals surface area contributed by atoms with Crippen LogP contribution in [0.1, 0.15) is 10.5 Å². The van der Waals surface area contributed by atoms with E-state index in [0.717, 1.165) is 16.8 Å². The summed E-state index contributed by atoms with van der Waals surface area (Å²) < 4.78 is 0. The van der Waals surface area contributed by atoms with Crippen LogP contribution in [0.3, 0.4) is 0 Å². The van der Waals surface area contributed by atoms with Crippen LogP contribution < -0.4 is 5.32 Å². The molecule has 0 saturated heterocycles. The Labute approximate surface area is 123 Å². The van der Waals surface area contributed by atoms with Crippen molar-refractivity contribution in [3.63, 3.8) is 0 Å². The van der Waals surface area contributed by atoms with Crippen molar-refractivity contribution in [2.24, 2.45) is 0 Å². The van der Waals surface area contributed by atoms with Crippen molar-refractivity contribution >= 4 is 11.6 Å². The van der Waals surface area contributed by atoms with Crippen LogP contribution in [0.25, 0.3) is 11.1 Å². The smallest absolute Gasteiger partial charge is 0.274 e. The Morgan fingerprint density at radius 2 is 1.43 bits per heavy atom. The highest BCUT2D eigenvalue weighted by molar-refractivity contribution is 6.02. The number of rotatable bonds is 3. The predicted molar refractivity (Wildman–Crippen MR) is 84.1 cm³/mol. The van der Waals surface area contributed by atoms with Crippen LogP contribution in [0.2, 0.25) is 0 Å². The predicted octanol–water partition coefficient (Wildman–Crippen LogP) is 4.00. The number of para-hydroxylation sites is 1. The highest BCUT2D eigenvalue weighted by Gasteiger charge is 2.07. The van der Waals surface area contributed by atoms with Gasteiger partial charge in [0.2, 0.25) is 0 Å². The quantitative estimate of drug-likeness (QED) is 0.784. The largest absolute Gasteiger partial charge is 0.321 e. The minimum absolute atomic E-state index is 0.208. The first-order valence-electron chi connectivity index (χ1n) is 6.71. The molecule has 0 aliphatic carbocycles. The average molecular weight is 274 g/mol. The van der Waals surface area contributed by atoms with E-state index < -0.39 is 0 Å². The Morgan fingerprint density at radius 3 is 2.05 bits per heavy atom. The van der Waals surface area contributed by atoms with Gasteiger partial charge in [-0.25, -0.2) is 0 Å². The average Bonchev–Trinajstić information content (AvgIpc) is 2.57. The van der Waals surface area contributed by atoms with Gasteiger partial charge in [-0.05, 0) is 23.8 Å². The number of amides is 1. The Bertz CT molecular complexity index is 722.